The molecule has 0 unspecified atom stereocenters. The highest BCUT2D eigenvalue weighted by Crippen LogP contribution is 2.21. The Morgan fingerprint density at radius 2 is 2.14 bits per heavy atom. The average Bonchev–Trinajstić information content (AvgIpc) is 2.47. The summed E-state index contributed by atoms with van der Waals surface area (Å²) in [7, 11) is 1.54. The summed E-state index contributed by atoms with van der Waals surface area (Å²) in [5, 5.41) is 16.4. The second-order valence-corrected chi connectivity index (χ2v) is 4.91. The van der Waals surface area contributed by atoms with E-state index >= 15 is 0 Å². The van der Waals surface area contributed by atoms with Crippen LogP contribution in [0, 0.1) is 0 Å². The fourth-order valence-electron chi connectivity index (χ4n) is 1.52. The maximum absolute atomic E-state index is 11.9. The third-order valence-electron chi connectivity index (χ3n) is 2.60. The first-order chi connectivity index (χ1) is 10.4. The van der Waals surface area contributed by atoms with Gasteiger partial charge in [-0.1, -0.05) is 11.6 Å². The molecule has 120 valence electrons. The molecule has 8 heteroatoms. The third-order valence-corrected chi connectivity index (χ3v) is 2.83. The monoisotopic (exact) mass is 327 g/mol. The molecule has 0 bridgehead atoms. The number of carbonyl (C=O) groups excluding carboxylic acids is 2. The van der Waals surface area contributed by atoms with Crippen LogP contribution in [-0.4, -0.2) is 42.9 Å². The lowest BCUT2D eigenvalue weighted by Crippen LogP contribution is -2.29. The number of nitrogens with one attached hydrogen (secondary N) is 2. The van der Waals surface area contributed by atoms with Gasteiger partial charge in [0.2, 0.25) is 5.91 Å². The molecular formula is C14H18ClN3O4. The number of ether oxygens (including phenoxy) is 1. The highest BCUT2D eigenvalue weighted by Gasteiger charge is 2.11. The molecular weight excluding hydrogens is 310 g/mol. The molecule has 0 aliphatic rings. The zero-order valence-electron chi connectivity index (χ0n) is 12.4. The minimum atomic E-state index is -0.612. The average molecular weight is 328 g/mol. The SMILES string of the molecule is COCCNC(=O)CC(C)=NNC(=O)c1cc(Cl)ccc1O. The first kappa shape index (κ1) is 17.9. The summed E-state index contributed by atoms with van der Waals surface area (Å²) in [6.45, 7) is 2.44. The summed E-state index contributed by atoms with van der Waals surface area (Å²) in [5.74, 6) is -1.04. The molecule has 0 spiro atoms. The third kappa shape index (κ3) is 6.11. The number of aromatic hydroxyl groups is 1. The number of amides is 2. The molecule has 2 amide bonds. The summed E-state index contributed by atoms with van der Waals surface area (Å²) in [6, 6.07) is 4.11. The van der Waals surface area contributed by atoms with Gasteiger partial charge in [0.1, 0.15) is 5.75 Å². The van der Waals surface area contributed by atoms with E-state index in [-0.39, 0.29) is 23.6 Å². The number of carbonyl (C=O) groups is 2. The van der Waals surface area contributed by atoms with Crippen molar-refractivity contribution in [3.63, 3.8) is 0 Å². The number of hydrazone groups is 1. The van der Waals surface area contributed by atoms with Gasteiger partial charge in [-0.3, -0.25) is 9.59 Å². The predicted octanol–water partition coefficient (Wildman–Crippen LogP) is 1.30. The minimum Gasteiger partial charge on any atom is -0.507 e. The number of rotatable bonds is 7. The maximum Gasteiger partial charge on any atom is 0.275 e. The standard InChI is InChI=1S/C14H18ClN3O4/c1-9(7-13(20)16-5-6-22-2)17-18-14(21)11-8-10(15)3-4-12(11)19/h3-4,8,19H,5-7H2,1-2H3,(H,16,20)(H,18,21). The molecule has 1 aromatic rings. The van der Waals surface area contributed by atoms with Gasteiger partial charge in [0.15, 0.2) is 0 Å². The van der Waals surface area contributed by atoms with Gasteiger partial charge < -0.3 is 15.2 Å². The first-order valence-electron chi connectivity index (χ1n) is 6.51. The Morgan fingerprint density at radius 3 is 2.82 bits per heavy atom. The number of hydrogen-bond donors (Lipinski definition) is 3. The van der Waals surface area contributed by atoms with Crippen LogP contribution in [0.15, 0.2) is 23.3 Å². The molecule has 7 nitrogen and oxygen atoms in total. The van der Waals surface area contributed by atoms with Gasteiger partial charge >= 0.3 is 0 Å². The van der Waals surface area contributed by atoms with Crippen LogP contribution in [0.4, 0.5) is 0 Å². The molecule has 0 aromatic heterocycles. The van der Waals surface area contributed by atoms with Crippen LogP contribution in [-0.2, 0) is 9.53 Å². The van der Waals surface area contributed by atoms with E-state index in [9.17, 15) is 14.7 Å². The summed E-state index contributed by atoms with van der Waals surface area (Å²) in [5.41, 5.74) is 2.69. The second-order valence-electron chi connectivity index (χ2n) is 4.47. The summed E-state index contributed by atoms with van der Waals surface area (Å²) >= 11 is 5.76. The van der Waals surface area contributed by atoms with Crippen molar-refractivity contribution in [1.29, 1.82) is 0 Å². The van der Waals surface area contributed by atoms with Crippen molar-refractivity contribution in [1.82, 2.24) is 10.7 Å². The quantitative estimate of drug-likeness (QED) is 0.399. The molecule has 0 radical (unpaired) electrons. The lowest BCUT2D eigenvalue weighted by molar-refractivity contribution is -0.120. The molecule has 22 heavy (non-hydrogen) atoms. The van der Waals surface area contributed by atoms with Gasteiger partial charge in [-0.2, -0.15) is 5.10 Å². The first-order valence-corrected chi connectivity index (χ1v) is 6.89. The fourth-order valence-corrected chi connectivity index (χ4v) is 1.70. The number of hydrogen-bond acceptors (Lipinski definition) is 5. The molecule has 0 saturated carbocycles. The molecule has 0 fully saturated rings. The Hall–Kier alpha value is -2.12. The van der Waals surface area contributed by atoms with Crippen molar-refractivity contribution >= 4 is 29.1 Å². The molecule has 0 atom stereocenters. The van der Waals surface area contributed by atoms with Crippen molar-refractivity contribution in [2.45, 2.75) is 13.3 Å². The Labute approximate surface area is 133 Å². The maximum atomic E-state index is 11.9. The summed E-state index contributed by atoms with van der Waals surface area (Å²) < 4.78 is 4.81. The highest BCUT2D eigenvalue weighted by molar-refractivity contribution is 6.31. The lowest BCUT2D eigenvalue weighted by Gasteiger charge is -2.06. The number of methoxy groups -OCH3 is 1. The summed E-state index contributed by atoms with van der Waals surface area (Å²) in [6.07, 6.45) is 0.0471. The Morgan fingerprint density at radius 1 is 1.41 bits per heavy atom. The Bertz CT molecular complexity index is 575. The van der Waals surface area contributed by atoms with Crippen molar-refractivity contribution in [3.05, 3.63) is 28.8 Å². The van der Waals surface area contributed by atoms with Crippen LogP contribution >= 0.6 is 11.6 Å². The van der Waals surface area contributed by atoms with Crippen LogP contribution in [0.2, 0.25) is 5.02 Å². The van der Waals surface area contributed by atoms with Gasteiger partial charge in [0.25, 0.3) is 5.91 Å². The smallest absolute Gasteiger partial charge is 0.275 e. The molecule has 0 saturated heterocycles. The molecule has 0 aliphatic carbocycles. The molecule has 0 aliphatic heterocycles. The van der Waals surface area contributed by atoms with Gasteiger partial charge in [-0.05, 0) is 25.1 Å². The number of nitrogens with zero attached hydrogens (tertiary/aromatic N) is 1. The van der Waals surface area contributed by atoms with Gasteiger partial charge in [0, 0.05) is 24.4 Å². The Balaban J connectivity index is 2.54. The van der Waals surface area contributed by atoms with E-state index in [1.54, 1.807) is 14.0 Å². The Kier molecular flexibility index (Phi) is 7.34. The van der Waals surface area contributed by atoms with Gasteiger partial charge in [0.05, 0.1) is 18.6 Å². The van der Waals surface area contributed by atoms with Crippen molar-refractivity contribution in [3.8, 4) is 5.75 Å². The van der Waals surface area contributed by atoms with Crippen LogP contribution < -0.4 is 10.7 Å². The van der Waals surface area contributed by atoms with Gasteiger partial charge in [-0.25, -0.2) is 5.43 Å². The van der Waals surface area contributed by atoms with Crippen LogP contribution in [0.3, 0.4) is 0 Å². The lowest BCUT2D eigenvalue weighted by atomic mass is 10.2. The second kappa shape index (κ2) is 9.01. The van der Waals surface area contributed by atoms with E-state index in [1.165, 1.54) is 18.2 Å². The number of phenolic OH excluding ortho intramolecular Hbond substituents is 1. The van der Waals surface area contributed by atoms with E-state index in [0.717, 1.165) is 0 Å². The van der Waals surface area contributed by atoms with E-state index in [0.29, 0.717) is 23.9 Å². The van der Waals surface area contributed by atoms with Gasteiger partial charge in [-0.15, -0.1) is 0 Å². The predicted molar refractivity (Wildman–Crippen MR) is 83.2 cm³/mol. The van der Waals surface area contributed by atoms with Crippen LogP contribution in [0.5, 0.6) is 5.75 Å². The van der Waals surface area contributed by atoms with E-state index in [1.807, 2.05) is 0 Å². The molecule has 3 N–H and O–H groups in total. The molecule has 0 heterocycles. The number of benzene rings is 1. The van der Waals surface area contributed by atoms with E-state index in [2.05, 4.69) is 15.8 Å². The summed E-state index contributed by atoms with van der Waals surface area (Å²) in [4.78, 5) is 23.4. The normalized spacial score (nSPS) is 11.1. The minimum absolute atomic E-state index is 0.00796. The van der Waals surface area contributed by atoms with E-state index in [4.69, 9.17) is 16.3 Å². The van der Waals surface area contributed by atoms with Crippen molar-refractivity contribution < 1.29 is 19.4 Å². The van der Waals surface area contributed by atoms with Crippen molar-refractivity contribution in [2.75, 3.05) is 20.3 Å². The molecule has 1 aromatic carbocycles. The molecule has 1 rings (SSSR count). The number of phenols is 1. The fraction of sp³-hybridized carbons (Fsp3) is 0.357. The topological polar surface area (TPSA) is 100 Å². The highest BCUT2D eigenvalue weighted by atomic mass is 35.5. The van der Waals surface area contributed by atoms with Crippen LogP contribution in [0.1, 0.15) is 23.7 Å². The zero-order valence-corrected chi connectivity index (χ0v) is 13.1. The van der Waals surface area contributed by atoms with E-state index < -0.39 is 5.91 Å². The van der Waals surface area contributed by atoms with Crippen LogP contribution in [0.25, 0.3) is 0 Å². The largest absolute Gasteiger partial charge is 0.507 e. The van der Waals surface area contributed by atoms with Crippen molar-refractivity contribution in [2.24, 2.45) is 5.10 Å². The number of halogens is 1. The zero-order chi connectivity index (χ0) is 16.5.